The molecule has 5 heteroatoms. The van der Waals surface area contributed by atoms with Gasteiger partial charge in [-0.2, -0.15) is 0 Å². The maximum Gasteiger partial charge on any atom is 0.147 e. The van der Waals surface area contributed by atoms with Crippen molar-refractivity contribution in [2.75, 3.05) is 25.6 Å². The second-order valence-electron chi connectivity index (χ2n) is 3.82. The minimum absolute atomic E-state index is 0.0120. The Morgan fingerprint density at radius 1 is 1.53 bits per heavy atom. The molecule has 0 radical (unpaired) electrons. The fourth-order valence-electron chi connectivity index (χ4n) is 1.60. The lowest BCUT2D eigenvalue weighted by atomic mass is 10.1. The van der Waals surface area contributed by atoms with Crippen LogP contribution in [0.4, 0.5) is 10.1 Å². The monoisotopic (exact) mass is 260 g/mol. The molecule has 0 aromatic heterocycles. The summed E-state index contributed by atoms with van der Waals surface area (Å²) in [5, 5.41) is 3.44. The lowest BCUT2D eigenvalue weighted by Crippen LogP contribution is -2.26. The van der Waals surface area contributed by atoms with Crippen molar-refractivity contribution < 1.29 is 9.13 Å². The average Bonchev–Trinajstić information content (AvgIpc) is 2.31. The molecule has 1 aromatic rings. The van der Waals surface area contributed by atoms with E-state index in [2.05, 4.69) is 5.32 Å². The zero-order valence-corrected chi connectivity index (χ0v) is 10.6. The highest BCUT2D eigenvalue weighted by Gasteiger charge is 2.13. The van der Waals surface area contributed by atoms with Crippen LogP contribution in [0.25, 0.3) is 0 Å². The molecule has 0 fully saturated rings. The predicted octanol–water partition coefficient (Wildman–Crippen LogP) is 2.64. The molecule has 1 rings (SSSR count). The van der Waals surface area contributed by atoms with Crippen LogP contribution < -0.4 is 11.1 Å². The number of methoxy groups -OCH3 is 1. The van der Waals surface area contributed by atoms with E-state index in [1.165, 1.54) is 6.07 Å². The number of ether oxygens (including phenoxy) is 1. The van der Waals surface area contributed by atoms with Crippen molar-refractivity contribution in [2.45, 2.75) is 18.9 Å². The van der Waals surface area contributed by atoms with Crippen molar-refractivity contribution in [2.24, 2.45) is 5.73 Å². The number of hydrogen-bond donors (Lipinski definition) is 2. The summed E-state index contributed by atoms with van der Waals surface area (Å²) in [4.78, 5) is 0. The van der Waals surface area contributed by atoms with E-state index < -0.39 is 0 Å². The number of nitrogens with two attached hydrogens (primary N) is 1. The van der Waals surface area contributed by atoms with Gasteiger partial charge in [-0.25, -0.2) is 4.39 Å². The summed E-state index contributed by atoms with van der Waals surface area (Å²) >= 11 is 5.94. The molecule has 3 nitrogen and oxygen atoms in total. The van der Waals surface area contributed by atoms with Crippen LogP contribution in [0.2, 0.25) is 5.02 Å². The molecular formula is C12H18ClFN2O. The SMILES string of the molecule is COCC(CCCN)Nc1c(F)cccc1Cl. The van der Waals surface area contributed by atoms with Gasteiger partial charge in [0.05, 0.1) is 17.3 Å². The van der Waals surface area contributed by atoms with E-state index in [0.29, 0.717) is 23.9 Å². The smallest absolute Gasteiger partial charge is 0.147 e. The van der Waals surface area contributed by atoms with Crippen LogP contribution in [-0.2, 0) is 4.74 Å². The van der Waals surface area contributed by atoms with E-state index >= 15 is 0 Å². The van der Waals surface area contributed by atoms with Crippen LogP contribution in [-0.4, -0.2) is 26.3 Å². The number of rotatable bonds is 7. The number of hydrogen-bond acceptors (Lipinski definition) is 3. The first-order valence-electron chi connectivity index (χ1n) is 5.58. The van der Waals surface area contributed by atoms with E-state index in [4.69, 9.17) is 22.1 Å². The van der Waals surface area contributed by atoms with Gasteiger partial charge in [0.1, 0.15) is 5.82 Å². The first kappa shape index (κ1) is 14.2. The summed E-state index contributed by atoms with van der Waals surface area (Å²) in [5.41, 5.74) is 5.78. The maximum atomic E-state index is 13.6. The van der Waals surface area contributed by atoms with Gasteiger partial charge in [0, 0.05) is 13.2 Å². The first-order valence-corrected chi connectivity index (χ1v) is 5.96. The van der Waals surface area contributed by atoms with Crippen molar-refractivity contribution in [1.29, 1.82) is 0 Å². The van der Waals surface area contributed by atoms with Gasteiger partial charge in [0.15, 0.2) is 0 Å². The van der Waals surface area contributed by atoms with Crippen molar-refractivity contribution in [3.8, 4) is 0 Å². The molecule has 1 aromatic carbocycles. The molecule has 0 spiro atoms. The van der Waals surface area contributed by atoms with Crippen molar-refractivity contribution in [3.63, 3.8) is 0 Å². The number of benzene rings is 1. The summed E-state index contributed by atoms with van der Waals surface area (Å²) in [5.74, 6) is -0.355. The molecule has 0 heterocycles. The average molecular weight is 261 g/mol. The van der Waals surface area contributed by atoms with E-state index in [0.717, 1.165) is 12.8 Å². The standard InChI is InChI=1S/C12H18ClFN2O/c1-17-8-9(4-3-7-15)16-12-10(13)5-2-6-11(12)14/h2,5-6,9,16H,3-4,7-8,15H2,1H3. The van der Waals surface area contributed by atoms with Crippen LogP contribution in [0.1, 0.15) is 12.8 Å². The lowest BCUT2D eigenvalue weighted by Gasteiger charge is -2.20. The Morgan fingerprint density at radius 3 is 2.88 bits per heavy atom. The summed E-state index contributed by atoms with van der Waals surface area (Å²) < 4.78 is 18.6. The normalized spacial score (nSPS) is 12.5. The quantitative estimate of drug-likeness (QED) is 0.792. The Balaban J connectivity index is 2.70. The number of para-hydroxylation sites is 1. The van der Waals surface area contributed by atoms with E-state index in [9.17, 15) is 4.39 Å². The summed E-state index contributed by atoms with van der Waals surface area (Å²) in [6.45, 7) is 1.09. The van der Waals surface area contributed by atoms with Gasteiger partial charge in [-0.1, -0.05) is 17.7 Å². The third-order valence-electron chi connectivity index (χ3n) is 2.44. The molecule has 0 aliphatic rings. The fraction of sp³-hybridized carbons (Fsp3) is 0.500. The molecule has 0 amide bonds. The second kappa shape index (κ2) is 7.48. The van der Waals surface area contributed by atoms with Gasteiger partial charge < -0.3 is 15.8 Å². The first-order chi connectivity index (χ1) is 8.19. The Kier molecular flexibility index (Phi) is 6.26. The van der Waals surface area contributed by atoms with E-state index in [1.54, 1.807) is 19.2 Å². The summed E-state index contributed by atoms with van der Waals surface area (Å²) in [6, 6.07) is 4.62. The number of halogens is 2. The summed E-state index contributed by atoms with van der Waals surface area (Å²) in [7, 11) is 1.61. The molecule has 1 unspecified atom stereocenters. The molecule has 1 atom stereocenters. The third kappa shape index (κ3) is 4.50. The van der Waals surface area contributed by atoms with Crippen molar-refractivity contribution >= 4 is 17.3 Å². The zero-order valence-electron chi connectivity index (χ0n) is 9.88. The predicted molar refractivity (Wildman–Crippen MR) is 69.0 cm³/mol. The van der Waals surface area contributed by atoms with Crippen LogP contribution in [0.5, 0.6) is 0 Å². The molecular weight excluding hydrogens is 243 g/mol. The zero-order chi connectivity index (χ0) is 12.7. The number of nitrogens with one attached hydrogen (secondary N) is 1. The van der Waals surface area contributed by atoms with Gasteiger partial charge >= 0.3 is 0 Å². The Morgan fingerprint density at radius 2 is 2.29 bits per heavy atom. The highest BCUT2D eigenvalue weighted by molar-refractivity contribution is 6.33. The maximum absolute atomic E-state index is 13.6. The number of anilines is 1. The van der Waals surface area contributed by atoms with Crippen LogP contribution >= 0.6 is 11.6 Å². The van der Waals surface area contributed by atoms with E-state index in [-0.39, 0.29) is 11.9 Å². The molecule has 0 aliphatic carbocycles. The topological polar surface area (TPSA) is 47.3 Å². The Hall–Kier alpha value is -0.840. The Bertz CT molecular complexity index is 329. The van der Waals surface area contributed by atoms with Crippen molar-refractivity contribution in [1.82, 2.24) is 0 Å². The van der Waals surface area contributed by atoms with Crippen LogP contribution in [0.3, 0.4) is 0 Å². The third-order valence-corrected chi connectivity index (χ3v) is 2.75. The highest BCUT2D eigenvalue weighted by atomic mass is 35.5. The van der Waals surface area contributed by atoms with Gasteiger partial charge in [0.25, 0.3) is 0 Å². The van der Waals surface area contributed by atoms with Crippen LogP contribution in [0.15, 0.2) is 18.2 Å². The van der Waals surface area contributed by atoms with Gasteiger partial charge in [-0.05, 0) is 31.5 Å². The molecule has 0 saturated heterocycles. The van der Waals surface area contributed by atoms with E-state index in [1.807, 2.05) is 0 Å². The Labute approximate surface area is 106 Å². The molecule has 0 bridgehead atoms. The highest BCUT2D eigenvalue weighted by Crippen LogP contribution is 2.25. The molecule has 3 N–H and O–H groups in total. The van der Waals surface area contributed by atoms with Crippen molar-refractivity contribution in [3.05, 3.63) is 29.0 Å². The lowest BCUT2D eigenvalue weighted by molar-refractivity contribution is 0.182. The largest absolute Gasteiger partial charge is 0.383 e. The molecule has 0 saturated carbocycles. The molecule has 96 valence electrons. The fourth-order valence-corrected chi connectivity index (χ4v) is 1.82. The molecule has 0 aliphatic heterocycles. The minimum atomic E-state index is -0.355. The minimum Gasteiger partial charge on any atom is -0.383 e. The van der Waals surface area contributed by atoms with Gasteiger partial charge in [-0.3, -0.25) is 0 Å². The molecule has 17 heavy (non-hydrogen) atoms. The van der Waals surface area contributed by atoms with Gasteiger partial charge in [0.2, 0.25) is 0 Å². The second-order valence-corrected chi connectivity index (χ2v) is 4.23. The van der Waals surface area contributed by atoms with Crippen LogP contribution in [0, 0.1) is 5.82 Å². The summed E-state index contributed by atoms with van der Waals surface area (Å²) in [6.07, 6.45) is 1.67. The van der Waals surface area contributed by atoms with Gasteiger partial charge in [-0.15, -0.1) is 0 Å².